The fraction of sp³-hybridized carbons (Fsp3) is 0.375. The molecule has 1 unspecified atom stereocenters. The summed E-state index contributed by atoms with van der Waals surface area (Å²) in [6.07, 6.45) is 1.31. The van der Waals surface area contributed by atoms with Crippen LogP contribution in [0.4, 0.5) is 0 Å². The van der Waals surface area contributed by atoms with Crippen LogP contribution in [0.15, 0.2) is 28.0 Å². The lowest BCUT2D eigenvalue weighted by Gasteiger charge is -2.27. The fourth-order valence-electron chi connectivity index (χ4n) is 3.14. The Bertz CT molecular complexity index is 984. The number of nitrogens with one attached hydrogen (secondary N) is 1. The van der Waals surface area contributed by atoms with E-state index in [2.05, 4.69) is 5.10 Å². The molecule has 1 N–H and O–H groups in total. The Hall–Kier alpha value is -2.19. The van der Waals surface area contributed by atoms with Gasteiger partial charge in [-0.2, -0.15) is 0 Å². The molecule has 1 atom stereocenters. The normalized spacial score (nSPS) is 19.0. The number of sulfone groups is 1. The molecule has 3 rings (SSSR count). The first-order chi connectivity index (χ1) is 11.3. The van der Waals surface area contributed by atoms with Gasteiger partial charge < -0.3 is 9.84 Å². The van der Waals surface area contributed by atoms with Crippen molar-refractivity contribution in [1.29, 1.82) is 0 Å². The molecule has 1 aromatic heterocycles. The molecule has 0 amide bonds. The predicted molar refractivity (Wildman–Crippen MR) is 87.1 cm³/mol. The Morgan fingerprint density at radius 3 is 2.62 bits per heavy atom. The molecule has 7 nitrogen and oxygen atoms in total. The second-order valence-corrected chi connectivity index (χ2v) is 7.94. The number of rotatable bonds is 3. The van der Waals surface area contributed by atoms with Gasteiger partial charge in [-0.1, -0.05) is 0 Å². The first kappa shape index (κ1) is 16.7. The van der Waals surface area contributed by atoms with Crippen LogP contribution in [0.1, 0.15) is 39.6 Å². The first-order valence-electron chi connectivity index (χ1n) is 7.46. The number of ether oxygens (including phenoxy) is 1. The first-order valence-corrected chi connectivity index (χ1v) is 9.11. The Kier molecular flexibility index (Phi) is 3.97. The molecule has 24 heavy (non-hydrogen) atoms. The van der Waals surface area contributed by atoms with E-state index in [1.54, 1.807) is 6.92 Å². The van der Waals surface area contributed by atoms with Gasteiger partial charge in [0.2, 0.25) is 0 Å². The smallest absolute Gasteiger partial charge is 0.277 e. The second-order valence-electron chi connectivity index (χ2n) is 5.86. The third-order valence-electron chi connectivity index (χ3n) is 4.49. The topological polar surface area (TPSA) is 98.2 Å². The highest BCUT2D eigenvalue weighted by Crippen LogP contribution is 2.37. The number of aryl methyl sites for hydroxylation is 1. The average Bonchev–Trinajstić information content (AvgIpc) is 2.87. The van der Waals surface area contributed by atoms with Gasteiger partial charge in [0.15, 0.2) is 15.6 Å². The summed E-state index contributed by atoms with van der Waals surface area (Å²) in [7, 11) is -0.346. The second kappa shape index (κ2) is 5.71. The Balaban J connectivity index is 2.21. The summed E-state index contributed by atoms with van der Waals surface area (Å²) in [6, 6.07) is 2.91. The number of carbonyl (C=O) groups is 1. The minimum absolute atomic E-state index is 0.0175. The van der Waals surface area contributed by atoms with Gasteiger partial charge in [0.05, 0.1) is 16.8 Å². The molecule has 0 aliphatic carbocycles. The van der Waals surface area contributed by atoms with Crippen LogP contribution >= 0.6 is 0 Å². The van der Waals surface area contributed by atoms with Gasteiger partial charge >= 0.3 is 0 Å². The summed E-state index contributed by atoms with van der Waals surface area (Å²) < 4.78 is 31.2. The number of hydrogen-bond donors (Lipinski definition) is 1. The zero-order valence-corrected chi connectivity index (χ0v) is 14.4. The van der Waals surface area contributed by atoms with Crippen LogP contribution in [0.5, 0.6) is 0 Å². The van der Waals surface area contributed by atoms with Crippen molar-refractivity contribution in [2.75, 3.05) is 12.9 Å². The standard InChI is InChI=1S/C16H18N2O5S/c1-9-10(15(19)11-8-17-18(2)16(11)20)4-5-13-14(9)12(23-3)6-7-24(13,21)22/h4-5,8,12,17H,6-7H2,1-3H3. The maximum Gasteiger partial charge on any atom is 0.277 e. The number of carbonyl (C=O) groups excluding carboxylic acids is 1. The largest absolute Gasteiger partial charge is 0.377 e. The van der Waals surface area contributed by atoms with Gasteiger partial charge in [-0.3, -0.25) is 14.3 Å². The molecule has 0 fully saturated rings. The highest BCUT2D eigenvalue weighted by Gasteiger charge is 2.33. The molecule has 2 aromatic rings. The number of H-pyrrole nitrogens is 1. The summed E-state index contributed by atoms with van der Waals surface area (Å²) in [4.78, 5) is 24.9. The summed E-state index contributed by atoms with van der Waals surface area (Å²) >= 11 is 0. The van der Waals surface area contributed by atoms with Crippen molar-refractivity contribution >= 4 is 15.6 Å². The van der Waals surface area contributed by atoms with Crippen molar-refractivity contribution in [1.82, 2.24) is 9.78 Å². The van der Waals surface area contributed by atoms with E-state index in [-0.39, 0.29) is 22.3 Å². The van der Waals surface area contributed by atoms with Crippen LogP contribution in [0.25, 0.3) is 0 Å². The van der Waals surface area contributed by atoms with Crippen LogP contribution in [0.3, 0.4) is 0 Å². The van der Waals surface area contributed by atoms with E-state index in [0.29, 0.717) is 23.1 Å². The average molecular weight is 350 g/mol. The highest BCUT2D eigenvalue weighted by atomic mass is 32.2. The Morgan fingerprint density at radius 2 is 2.04 bits per heavy atom. The van der Waals surface area contributed by atoms with Crippen LogP contribution in [-0.4, -0.2) is 36.8 Å². The molecule has 1 aromatic carbocycles. The van der Waals surface area contributed by atoms with E-state index in [4.69, 9.17) is 4.74 Å². The van der Waals surface area contributed by atoms with Gasteiger partial charge in [0.1, 0.15) is 5.56 Å². The molecule has 8 heteroatoms. The van der Waals surface area contributed by atoms with Crippen molar-refractivity contribution in [2.45, 2.75) is 24.3 Å². The van der Waals surface area contributed by atoms with Crippen molar-refractivity contribution in [2.24, 2.45) is 7.05 Å². The molecule has 1 aliphatic heterocycles. The van der Waals surface area contributed by atoms with Gasteiger partial charge in [0, 0.05) is 31.5 Å². The molecule has 0 spiro atoms. The van der Waals surface area contributed by atoms with Crippen LogP contribution in [0.2, 0.25) is 0 Å². The zero-order chi connectivity index (χ0) is 17.6. The van der Waals surface area contributed by atoms with E-state index < -0.39 is 21.2 Å². The fourth-order valence-corrected chi connectivity index (χ4v) is 4.78. The Labute approximate surface area is 139 Å². The molecular formula is C16H18N2O5S. The van der Waals surface area contributed by atoms with E-state index in [1.165, 1.54) is 37.2 Å². The molecule has 0 bridgehead atoms. The summed E-state index contributed by atoms with van der Waals surface area (Å²) in [5, 5.41) is 2.67. The quantitative estimate of drug-likeness (QED) is 0.837. The summed E-state index contributed by atoms with van der Waals surface area (Å²) in [6.45, 7) is 1.69. The summed E-state index contributed by atoms with van der Waals surface area (Å²) in [5.74, 6) is -0.418. The maximum atomic E-state index is 12.7. The SMILES string of the molecule is COC1CCS(=O)(=O)c2ccc(C(=O)c3c[nH]n(C)c3=O)c(C)c21. The van der Waals surface area contributed by atoms with Crippen LogP contribution in [0, 0.1) is 6.92 Å². The number of nitrogens with zero attached hydrogens (tertiary/aromatic N) is 1. The minimum Gasteiger partial charge on any atom is -0.377 e. The van der Waals surface area contributed by atoms with Gasteiger partial charge in [-0.15, -0.1) is 0 Å². The lowest BCUT2D eigenvalue weighted by Crippen LogP contribution is -2.24. The number of fused-ring (bicyclic) bond motifs is 1. The molecule has 0 radical (unpaired) electrons. The predicted octanol–water partition coefficient (Wildman–Crippen LogP) is 1.12. The number of aromatic nitrogens is 2. The molecular weight excluding hydrogens is 332 g/mol. The van der Waals surface area contributed by atoms with E-state index >= 15 is 0 Å². The monoisotopic (exact) mass is 350 g/mol. The third-order valence-corrected chi connectivity index (χ3v) is 6.29. The van der Waals surface area contributed by atoms with Crippen molar-refractivity contribution < 1.29 is 17.9 Å². The van der Waals surface area contributed by atoms with Crippen LogP contribution in [-0.2, 0) is 21.6 Å². The number of ketones is 1. The molecule has 0 saturated heterocycles. The van der Waals surface area contributed by atoms with Gasteiger partial charge in [-0.25, -0.2) is 8.42 Å². The molecule has 128 valence electrons. The van der Waals surface area contributed by atoms with Gasteiger partial charge in [0.25, 0.3) is 5.56 Å². The maximum absolute atomic E-state index is 12.7. The van der Waals surface area contributed by atoms with E-state index in [9.17, 15) is 18.0 Å². The number of benzene rings is 1. The molecule has 0 saturated carbocycles. The van der Waals surface area contributed by atoms with Crippen LogP contribution < -0.4 is 5.56 Å². The van der Waals surface area contributed by atoms with E-state index in [0.717, 1.165) is 0 Å². The Morgan fingerprint density at radius 1 is 1.33 bits per heavy atom. The van der Waals surface area contributed by atoms with Gasteiger partial charge in [-0.05, 0) is 31.0 Å². The van der Waals surface area contributed by atoms with E-state index in [1.807, 2.05) is 0 Å². The lowest BCUT2D eigenvalue weighted by atomic mass is 9.93. The van der Waals surface area contributed by atoms with Crippen molar-refractivity contribution in [3.8, 4) is 0 Å². The molecule has 2 heterocycles. The number of aromatic amines is 1. The minimum atomic E-state index is -3.38. The van der Waals surface area contributed by atoms with Crippen molar-refractivity contribution in [3.05, 3.63) is 50.9 Å². The summed E-state index contributed by atoms with van der Waals surface area (Å²) in [5.41, 5.74) is 0.962. The lowest BCUT2D eigenvalue weighted by molar-refractivity contribution is 0.0952. The number of hydrogen-bond acceptors (Lipinski definition) is 5. The highest BCUT2D eigenvalue weighted by molar-refractivity contribution is 7.91. The third kappa shape index (κ3) is 2.42. The number of methoxy groups -OCH3 is 1. The molecule has 1 aliphatic rings. The van der Waals surface area contributed by atoms with Crippen molar-refractivity contribution in [3.63, 3.8) is 0 Å². The zero-order valence-electron chi connectivity index (χ0n) is 13.6.